The number of alkyl halides is 3. The van der Waals surface area contributed by atoms with E-state index < -0.39 is 24.7 Å². The topological polar surface area (TPSA) is 66.4 Å². The molecule has 0 saturated heterocycles. The van der Waals surface area contributed by atoms with E-state index in [9.17, 15) is 27.9 Å². The van der Waals surface area contributed by atoms with Gasteiger partial charge in [-0.05, 0) is 85.4 Å². The molecule has 4 fully saturated rings. The van der Waals surface area contributed by atoms with Crippen LogP contribution < -0.4 is 5.32 Å². The van der Waals surface area contributed by atoms with Gasteiger partial charge in [-0.2, -0.15) is 13.2 Å². The Kier molecular flexibility index (Phi) is 6.70. The van der Waals surface area contributed by atoms with Crippen LogP contribution in [0.2, 0.25) is 0 Å². The molecule has 7 unspecified atom stereocenters. The quantitative estimate of drug-likeness (QED) is 0.527. The maximum absolute atomic E-state index is 12.4. The number of carbonyl (C=O) groups is 2. The number of aliphatic hydroxyl groups excluding tert-OH is 1. The molecule has 4 nitrogen and oxygen atoms in total. The van der Waals surface area contributed by atoms with Crippen LogP contribution in [0.1, 0.15) is 91.9 Å². The van der Waals surface area contributed by atoms with Gasteiger partial charge in [-0.1, -0.05) is 27.7 Å². The summed E-state index contributed by atoms with van der Waals surface area (Å²) in [6.07, 6.45) is 3.07. The van der Waals surface area contributed by atoms with Gasteiger partial charge in [0.25, 0.3) is 0 Å². The summed E-state index contributed by atoms with van der Waals surface area (Å²) in [4.78, 5) is 24.3. The molecule has 34 heavy (non-hydrogen) atoms. The molecule has 9 atom stereocenters. The monoisotopic (exact) mass is 485 g/mol. The van der Waals surface area contributed by atoms with Gasteiger partial charge in [0.15, 0.2) is 0 Å². The molecule has 4 aliphatic rings. The van der Waals surface area contributed by atoms with Gasteiger partial charge in [0, 0.05) is 24.7 Å². The Morgan fingerprint density at radius 1 is 1.12 bits per heavy atom. The molecule has 0 bridgehead atoms. The first kappa shape index (κ1) is 26.0. The van der Waals surface area contributed by atoms with E-state index >= 15 is 0 Å². The summed E-state index contributed by atoms with van der Waals surface area (Å²) in [5.74, 6) is 1.96. The maximum Gasteiger partial charge on any atom is 0.405 e. The maximum atomic E-state index is 12.4. The van der Waals surface area contributed by atoms with Crippen molar-refractivity contribution in [1.82, 2.24) is 5.32 Å². The third-order valence-corrected chi connectivity index (χ3v) is 11.4. The molecule has 4 rings (SSSR count). The number of aliphatic hydroxyl groups is 1. The van der Waals surface area contributed by atoms with Crippen LogP contribution in [0.4, 0.5) is 13.2 Å². The highest BCUT2D eigenvalue weighted by atomic mass is 19.4. The molecule has 0 radical (unpaired) electrons. The standard InChI is InChI=1S/C27H42F3NO3/c1-16(5-8-23(34)31-15-27(28,29)30)19-6-7-20-18-13-22(33)26(4)14-17(32)9-12-25(26,3)21(18)10-11-24(19,20)2/h16,18-22,33H,5-15H2,1-4H3,(H,31,34)/t16?,18?,19?,20?,21?,22-,24?,25?,26-/m0/s1. The molecule has 4 aliphatic carbocycles. The van der Waals surface area contributed by atoms with Crippen LogP contribution in [-0.4, -0.2) is 35.6 Å². The van der Waals surface area contributed by atoms with Gasteiger partial charge < -0.3 is 10.4 Å². The third kappa shape index (κ3) is 4.22. The zero-order valence-corrected chi connectivity index (χ0v) is 21.1. The summed E-state index contributed by atoms with van der Waals surface area (Å²) < 4.78 is 37.2. The lowest BCUT2D eigenvalue weighted by atomic mass is 9.39. The third-order valence-electron chi connectivity index (χ3n) is 11.4. The first-order chi connectivity index (χ1) is 15.7. The fourth-order valence-corrected chi connectivity index (χ4v) is 9.24. The second-order valence-corrected chi connectivity index (χ2v) is 12.8. The Balaban J connectivity index is 1.44. The molecule has 0 aromatic rings. The minimum Gasteiger partial charge on any atom is -0.393 e. The van der Waals surface area contributed by atoms with Crippen LogP contribution in [-0.2, 0) is 9.59 Å². The van der Waals surface area contributed by atoms with Crippen molar-refractivity contribution in [2.24, 2.45) is 45.8 Å². The van der Waals surface area contributed by atoms with Gasteiger partial charge in [-0.3, -0.25) is 9.59 Å². The number of hydrogen-bond donors (Lipinski definition) is 2. The fraction of sp³-hybridized carbons (Fsp3) is 0.926. The summed E-state index contributed by atoms with van der Waals surface area (Å²) in [5, 5.41) is 13.3. The molecule has 7 heteroatoms. The second kappa shape index (κ2) is 8.77. The Hall–Kier alpha value is -1.11. The number of carbonyl (C=O) groups excluding carboxylic acids is 2. The molecule has 0 spiro atoms. The van der Waals surface area contributed by atoms with Gasteiger partial charge in [0.2, 0.25) is 5.91 Å². The number of Topliss-reactive ketones (excluding diaryl/α,β-unsaturated/α-hetero) is 1. The molecule has 2 N–H and O–H groups in total. The highest BCUT2D eigenvalue weighted by molar-refractivity contribution is 5.80. The number of halogens is 3. The number of hydrogen-bond acceptors (Lipinski definition) is 3. The highest BCUT2D eigenvalue weighted by Gasteiger charge is 2.66. The van der Waals surface area contributed by atoms with E-state index in [1.54, 1.807) is 0 Å². The normalized spacial score (nSPS) is 45.2. The lowest BCUT2D eigenvalue weighted by molar-refractivity contribution is -0.205. The summed E-state index contributed by atoms with van der Waals surface area (Å²) >= 11 is 0. The summed E-state index contributed by atoms with van der Waals surface area (Å²) in [6, 6.07) is 0. The predicted molar refractivity (Wildman–Crippen MR) is 124 cm³/mol. The minimum atomic E-state index is -4.38. The van der Waals surface area contributed by atoms with E-state index in [0.29, 0.717) is 42.9 Å². The Bertz CT molecular complexity index is 815. The number of nitrogens with one attached hydrogen (secondary N) is 1. The SMILES string of the molecule is CC(CCC(=O)NCC(F)(F)F)C1CCC2C3C[C@H](O)[C@]4(C)CC(=O)CCC4(C)C3CCC12C. The molecule has 0 aromatic heterocycles. The van der Waals surface area contributed by atoms with Crippen LogP contribution in [0.5, 0.6) is 0 Å². The second-order valence-electron chi connectivity index (χ2n) is 12.8. The van der Waals surface area contributed by atoms with Crippen LogP contribution >= 0.6 is 0 Å². The van der Waals surface area contributed by atoms with Crippen molar-refractivity contribution in [3.8, 4) is 0 Å². The Morgan fingerprint density at radius 2 is 1.82 bits per heavy atom. The van der Waals surface area contributed by atoms with Crippen molar-refractivity contribution in [2.45, 2.75) is 104 Å². The molecular formula is C27H42F3NO3. The van der Waals surface area contributed by atoms with E-state index in [2.05, 4.69) is 27.7 Å². The smallest absolute Gasteiger partial charge is 0.393 e. The average molecular weight is 486 g/mol. The summed E-state index contributed by atoms with van der Waals surface area (Å²) in [6.45, 7) is 7.75. The van der Waals surface area contributed by atoms with E-state index in [0.717, 1.165) is 38.5 Å². The van der Waals surface area contributed by atoms with Gasteiger partial charge in [0.1, 0.15) is 12.3 Å². The van der Waals surface area contributed by atoms with Crippen LogP contribution in [0.3, 0.4) is 0 Å². The molecule has 4 saturated carbocycles. The number of rotatable bonds is 5. The van der Waals surface area contributed by atoms with Gasteiger partial charge >= 0.3 is 6.18 Å². The van der Waals surface area contributed by atoms with Crippen molar-refractivity contribution >= 4 is 11.7 Å². The largest absolute Gasteiger partial charge is 0.405 e. The lowest BCUT2D eigenvalue weighted by Gasteiger charge is -2.65. The van der Waals surface area contributed by atoms with Crippen molar-refractivity contribution in [1.29, 1.82) is 0 Å². The molecule has 194 valence electrons. The summed E-state index contributed by atoms with van der Waals surface area (Å²) in [7, 11) is 0. The number of amides is 1. The first-order valence-electron chi connectivity index (χ1n) is 13.2. The van der Waals surface area contributed by atoms with Crippen molar-refractivity contribution in [3.05, 3.63) is 0 Å². The lowest BCUT2D eigenvalue weighted by Crippen LogP contribution is -2.63. The van der Waals surface area contributed by atoms with E-state index in [4.69, 9.17) is 0 Å². The van der Waals surface area contributed by atoms with Crippen LogP contribution in [0.25, 0.3) is 0 Å². The zero-order valence-electron chi connectivity index (χ0n) is 21.1. The van der Waals surface area contributed by atoms with Crippen LogP contribution in [0, 0.1) is 45.8 Å². The zero-order chi connectivity index (χ0) is 25.1. The molecule has 0 aromatic carbocycles. The predicted octanol–water partition coefficient (Wildman–Crippen LogP) is 5.67. The molecule has 1 amide bonds. The fourth-order valence-electron chi connectivity index (χ4n) is 9.24. The number of fused-ring (bicyclic) bond motifs is 5. The first-order valence-corrected chi connectivity index (χ1v) is 13.2. The van der Waals surface area contributed by atoms with Gasteiger partial charge in [0.05, 0.1) is 6.10 Å². The molecule has 0 aliphatic heterocycles. The Morgan fingerprint density at radius 3 is 2.50 bits per heavy atom. The molecular weight excluding hydrogens is 443 g/mol. The van der Waals surface area contributed by atoms with Crippen LogP contribution in [0.15, 0.2) is 0 Å². The summed E-state index contributed by atoms with van der Waals surface area (Å²) in [5.41, 5.74) is -0.228. The van der Waals surface area contributed by atoms with Crippen molar-refractivity contribution in [3.63, 3.8) is 0 Å². The minimum absolute atomic E-state index is 0.0230. The number of ketones is 1. The highest BCUT2D eigenvalue weighted by Crippen LogP contribution is 2.71. The molecule has 0 heterocycles. The van der Waals surface area contributed by atoms with E-state index in [1.165, 1.54) is 0 Å². The Labute approximate surface area is 201 Å². The van der Waals surface area contributed by atoms with Crippen molar-refractivity contribution in [2.75, 3.05) is 6.54 Å². The van der Waals surface area contributed by atoms with Crippen molar-refractivity contribution < 1.29 is 27.9 Å². The average Bonchev–Trinajstić information content (AvgIpc) is 3.10. The van der Waals surface area contributed by atoms with E-state index in [-0.39, 0.29) is 34.4 Å². The van der Waals surface area contributed by atoms with Gasteiger partial charge in [-0.15, -0.1) is 0 Å². The van der Waals surface area contributed by atoms with E-state index in [1.807, 2.05) is 5.32 Å². The van der Waals surface area contributed by atoms with Gasteiger partial charge in [-0.25, -0.2) is 0 Å².